The second kappa shape index (κ2) is 8.82. The quantitative estimate of drug-likeness (QED) is 0.308. The van der Waals surface area contributed by atoms with Crippen LogP contribution in [0.5, 0.6) is 17.5 Å². The molecule has 0 aliphatic rings. The van der Waals surface area contributed by atoms with E-state index in [1.165, 1.54) is 12.1 Å². The molecule has 0 fully saturated rings. The molecule has 3 rings (SSSR count). The summed E-state index contributed by atoms with van der Waals surface area (Å²) in [5, 5.41) is 38.6. The molecule has 1 atom stereocenters. The van der Waals surface area contributed by atoms with Crippen molar-refractivity contribution in [1.29, 1.82) is 5.26 Å². The lowest BCUT2D eigenvalue weighted by Gasteiger charge is -2.23. The smallest absolute Gasteiger partial charge is 0.233 e. The Labute approximate surface area is 167 Å². The van der Waals surface area contributed by atoms with Gasteiger partial charge in [-0.3, -0.25) is 14.6 Å². The van der Waals surface area contributed by atoms with Crippen molar-refractivity contribution in [3.8, 4) is 34.7 Å². The fourth-order valence-corrected chi connectivity index (χ4v) is 2.82. The molecule has 0 unspecified atom stereocenters. The van der Waals surface area contributed by atoms with Gasteiger partial charge in [-0.05, 0) is 35.4 Å². The van der Waals surface area contributed by atoms with Crippen molar-refractivity contribution in [3.05, 3.63) is 66.2 Å². The summed E-state index contributed by atoms with van der Waals surface area (Å²) >= 11 is 0. The summed E-state index contributed by atoms with van der Waals surface area (Å²) in [6.07, 6.45) is 0.236. The van der Waals surface area contributed by atoms with Gasteiger partial charge in [0.1, 0.15) is 18.4 Å². The minimum Gasteiger partial charge on any atom is -0.494 e. The van der Waals surface area contributed by atoms with E-state index >= 15 is 0 Å². The average Bonchev–Trinajstić information content (AvgIpc) is 3.08. The minimum atomic E-state index is -0.838. The molecule has 8 heteroatoms. The van der Waals surface area contributed by atoms with Gasteiger partial charge in [0.15, 0.2) is 11.8 Å². The van der Waals surface area contributed by atoms with E-state index in [-0.39, 0.29) is 31.3 Å². The lowest BCUT2D eigenvalue weighted by atomic mass is 10.0. The third-order valence-corrected chi connectivity index (χ3v) is 4.45. The standard InChI is InChI=1S/C21H19N3O5/c22-11-15-1-3-16(4-2-15)17-5-7-19(8-6-17)29-13-18(24(28)14-25)12-23-20(26)9-10-21(23)27/h1-10,14,18,26-28H,12-13H2/t18-/m0/s1. The van der Waals surface area contributed by atoms with Crippen molar-refractivity contribution in [3.63, 3.8) is 0 Å². The van der Waals surface area contributed by atoms with E-state index in [9.17, 15) is 20.2 Å². The number of hydrogen-bond acceptors (Lipinski definition) is 6. The van der Waals surface area contributed by atoms with Crippen LogP contribution in [0, 0.1) is 11.3 Å². The Morgan fingerprint density at radius 2 is 1.55 bits per heavy atom. The zero-order valence-corrected chi connectivity index (χ0v) is 15.3. The van der Waals surface area contributed by atoms with E-state index in [0.717, 1.165) is 15.7 Å². The molecule has 1 heterocycles. The number of hydroxylamine groups is 2. The number of aromatic nitrogens is 1. The zero-order valence-electron chi connectivity index (χ0n) is 15.3. The molecule has 3 N–H and O–H groups in total. The van der Waals surface area contributed by atoms with Crippen LogP contribution in [0.25, 0.3) is 11.1 Å². The first-order valence-corrected chi connectivity index (χ1v) is 8.75. The predicted octanol–water partition coefficient (Wildman–Crippen LogP) is 2.73. The van der Waals surface area contributed by atoms with E-state index in [4.69, 9.17) is 10.00 Å². The fraction of sp³-hybridized carbons (Fsp3) is 0.143. The molecule has 1 amide bonds. The molecule has 29 heavy (non-hydrogen) atoms. The lowest BCUT2D eigenvalue weighted by molar-refractivity contribution is -0.164. The average molecular weight is 393 g/mol. The van der Waals surface area contributed by atoms with Crippen LogP contribution in [0.3, 0.4) is 0 Å². The summed E-state index contributed by atoms with van der Waals surface area (Å²) in [5.74, 6) is 0.129. The van der Waals surface area contributed by atoms with Gasteiger partial charge in [-0.1, -0.05) is 24.3 Å². The van der Waals surface area contributed by atoms with Gasteiger partial charge in [0.2, 0.25) is 6.41 Å². The number of ether oxygens (including phenoxy) is 1. The van der Waals surface area contributed by atoms with Gasteiger partial charge in [-0.2, -0.15) is 5.26 Å². The molecule has 2 aromatic carbocycles. The summed E-state index contributed by atoms with van der Waals surface area (Å²) < 4.78 is 6.81. The van der Waals surface area contributed by atoms with Crippen LogP contribution in [0.4, 0.5) is 0 Å². The van der Waals surface area contributed by atoms with Gasteiger partial charge < -0.3 is 14.9 Å². The summed E-state index contributed by atoms with van der Waals surface area (Å²) in [4.78, 5) is 11.0. The largest absolute Gasteiger partial charge is 0.494 e. The Morgan fingerprint density at radius 3 is 2.07 bits per heavy atom. The normalized spacial score (nSPS) is 11.4. The van der Waals surface area contributed by atoms with Crippen LogP contribution >= 0.6 is 0 Å². The molecular formula is C21H19N3O5. The topological polar surface area (TPSA) is 119 Å². The van der Waals surface area contributed by atoms with Crippen molar-refractivity contribution in [2.45, 2.75) is 12.6 Å². The van der Waals surface area contributed by atoms with Crippen molar-refractivity contribution < 1.29 is 25.0 Å². The Hall–Kier alpha value is -3.96. The number of carbonyl (C=O) groups is 1. The van der Waals surface area contributed by atoms with Gasteiger partial charge >= 0.3 is 0 Å². The van der Waals surface area contributed by atoms with E-state index < -0.39 is 6.04 Å². The van der Waals surface area contributed by atoms with Crippen LogP contribution < -0.4 is 4.74 Å². The molecule has 0 aliphatic heterocycles. The molecule has 0 saturated carbocycles. The maximum absolute atomic E-state index is 11.0. The summed E-state index contributed by atoms with van der Waals surface area (Å²) in [6.45, 7) is -0.133. The Bertz CT molecular complexity index is 987. The highest BCUT2D eigenvalue weighted by atomic mass is 16.5. The highest BCUT2D eigenvalue weighted by molar-refractivity contribution is 5.64. The molecule has 148 valence electrons. The van der Waals surface area contributed by atoms with E-state index in [1.54, 1.807) is 24.3 Å². The number of nitrogens with zero attached hydrogens (tertiary/aromatic N) is 3. The SMILES string of the molecule is N#Cc1ccc(-c2ccc(OC[C@H](Cn3c(O)ccc3O)N(O)C=O)cc2)cc1. The number of hydrogen-bond donors (Lipinski definition) is 3. The maximum Gasteiger partial charge on any atom is 0.233 e. The van der Waals surface area contributed by atoms with E-state index in [0.29, 0.717) is 16.4 Å². The highest BCUT2D eigenvalue weighted by Gasteiger charge is 2.20. The van der Waals surface area contributed by atoms with Crippen molar-refractivity contribution in [1.82, 2.24) is 9.63 Å². The van der Waals surface area contributed by atoms with Crippen molar-refractivity contribution in [2.75, 3.05) is 6.61 Å². The maximum atomic E-state index is 11.0. The molecule has 0 radical (unpaired) electrons. The van der Waals surface area contributed by atoms with E-state index in [1.807, 2.05) is 24.3 Å². The monoisotopic (exact) mass is 393 g/mol. The molecule has 0 bridgehead atoms. The third kappa shape index (κ3) is 4.66. The number of aromatic hydroxyl groups is 2. The van der Waals surface area contributed by atoms with Gasteiger partial charge in [-0.25, -0.2) is 5.06 Å². The number of nitriles is 1. The third-order valence-electron chi connectivity index (χ3n) is 4.45. The highest BCUT2D eigenvalue weighted by Crippen LogP contribution is 2.24. The molecule has 0 spiro atoms. The van der Waals surface area contributed by atoms with Gasteiger partial charge in [0.05, 0.1) is 18.2 Å². The molecule has 1 aromatic heterocycles. The fourth-order valence-electron chi connectivity index (χ4n) is 2.82. The van der Waals surface area contributed by atoms with Crippen LogP contribution in [0.2, 0.25) is 0 Å². The van der Waals surface area contributed by atoms with Crippen molar-refractivity contribution >= 4 is 6.41 Å². The Morgan fingerprint density at radius 1 is 1.00 bits per heavy atom. The Balaban J connectivity index is 1.67. The summed E-state index contributed by atoms with van der Waals surface area (Å²) in [6, 6.07) is 18.2. The van der Waals surface area contributed by atoms with Gasteiger partial charge in [0.25, 0.3) is 0 Å². The zero-order chi connectivity index (χ0) is 20.8. The molecule has 8 nitrogen and oxygen atoms in total. The first-order valence-electron chi connectivity index (χ1n) is 8.75. The number of amides is 1. The molecular weight excluding hydrogens is 374 g/mol. The molecule has 0 saturated heterocycles. The number of rotatable bonds is 8. The van der Waals surface area contributed by atoms with E-state index in [2.05, 4.69) is 6.07 Å². The van der Waals surface area contributed by atoms with Crippen LogP contribution in [-0.2, 0) is 11.3 Å². The first-order chi connectivity index (χ1) is 14.0. The van der Waals surface area contributed by atoms with Crippen LogP contribution in [0.15, 0.2) is 60.7 Å². The van der Waals surface area contributed by atoms with Crippen LogP contribution in [-0.4, -0.2) is 44.1 Å². The first kappa shape index (κ1) is 19.8. The van der Waals surface area contributed by atoms with Gasteiger partial charge in [0, 0.05) is 12.1 Å². The number of carbonyl (C=O) groups excluding carboxylic acids is 1. The van der Waals surface area contributed by atoms with Gasteiger partial charge in [-0.15, -0.1) is 0 Å². The molecule has 0 aliphatic carbocycles. The predicted molar refractivity (Wildman–Crippen MR) is 103 cm³/mol. The van der Waals surface area contributed by atoms with Crippen molar-refractivity contribution in [2.24, 2.45) is 0 Å². The lowest BCUT2D eigenvalue weighted by Crippen LogP contribution is -2.39. The second-order valence-electron chi connectivity index (χ2n) is 6.32. The summed E-state index contributed by atoms with van der Waals surface area (Å²) in [7, 11) is 0. The Kier molecular flexibility index (Phi) is 6.02. The second-order valence-corrected chi connectivity index (χ2v) is 6.32. The van der Waals surface area contributed by atoms with Crippen LogP contribution in [0.1, 0.15) is 5.56 Å². The minimum absolute atomic E-state index is 0.0662. The summed E-state index contributed by atoms with van der Waals surface area (Å²) in [5.41, 5.74) is 2.48. The number of benzene rings is 2. The molecule has 3 aromatic rings.